The van der Waals surface area contributed by atoms with Gasteiger partial charge in [-0.05, 0) is 30.7 Å². The summed E-state index contributed by atoms with van der Waals surface area (Å²) in [4.78, 5) is 0.0793. The highest BCUT2D eigenvalue weighted by Gasteiger charge is 2.19. The van der Waals surface area contributed by atoms with Crippen LogP contribution in [0.25, 0.3) is 0 Å². The molecule has 0 aliphatic rings. The van der Waals surface area contributed by atoms with Crippen LogP contribution in [0.3, 0.4) is 0 Å². The average molecular weight is 296 g/mol. The number of nitrogens with two attached hydrogens (primary N) is 1. The molecule has 5 heteroatoms. The van der Waals surface area contributed by atoms with E-state index >= 15 is 0 Å². The first-order valence-electron chi connectivity index (χ1n) is 5.72. The molecule has 0 heterocycles. The molecule has 0 aromatic heterocycles. The molecular formula is C14H14ClNO2S. The summed E-state index contributed by atoms with van der Waals surface area (Å²) in [6.45, 7) is 1.92. The van der Waals surface area contributed by atoms with E-state index in [1.165, 1.54) is 12.1 Å². The predicted molar refractivity (Wildman–Crippen MR) is 77.9 cm³/mol. The van der Waals surface area contributed by atoms with E-state index in [2.05, 4.69) is 0 Å². The number of anilines is 1. The van der Waals surface area contributed by atoms with E-state index in [0.717, 1.165) is 11.1 Å². The lowest BCUT2D eigenvalue weighted by Crippen LogP contribution is -2.06. The Hall–Kier alpha value is -1.52. The Morgan fingerprint density at radius 2 is 1.89 bits per heavy atom. The van der Waals surface area contributed by atoms with Crippen molar-refractivity contribution in [1.82, 2.24) is 0 Å². The summed E-state index contributed by atoms with van der Waals surface area (Å²) in [6, 6.07) is 11.9. The van der Waals surface area contributed by atoms with Gasteiger partial charge in [-0.15, -0.1) is 0 Å². The summed E-state index contributed by atoms with van der Waals surface area (Å²) in [7, 11) is -3.50. The number of halogens is 1. The van der Waals surface area contributed by atoms with E-state index in [0.29, 0.717) is 5.69 Å². The first-order chi connectivity index (χ1) is 8.88. The Morgan fingerprint density at radius 1 is 1.16 bits per heavy atom. The van der Waals surface area contributed by atoms with Crippen LogP contribution < -0.4 is 5.73 Å². The third kappa shape index (κ3) is 3.28. The van der Waals surface area contributed by atoms with Crippen LogP contribution in [0.5, 0.6) is 0 Å². The highest BCUT2D eigenvalue weighted by atomic mass is 35.5. The van der Waals surface area contributed by atoms with Crippen molar-refractivity contribution >= 4 is 27.1 Å². The maximum Gasteiger partial charge on any atom is 0.184 e. The lowest BCUT2D eigenvalue weighted by Gasteiger charge is -2.08. The van der Waals surface area contributed by atoms with Crippen molar-refractivity contribution in [1.29, 1.82) is 0 Å². The molecule has 0 bridgehead atoms. The zero-order valence-electron chi connectivity index (χ0n) is 10.4. The molecule has 0 aliphatic carbocycles. The normalized spacial score (nSPS) is 11.5. The van der Waals surface area contributed by atoms with E-state index in [9.17, 15) is 8.42 Å². The molecule has 3 nitrogen and oxygen atoms in total. The highest BCUT2D eigenvalue weighted by Crippen LogP contribution is 2.26. The maximum atomic E-state index is 12.3. The Morgan fingerprint density at radius 3 is 2.58 bits per heavy atom. The molecule has 2 rings (SSSR count). The van der Waals surface area contributed by atoms with Crippen LogP contribution in [0.4, 0.5) is 5.69 Å². The first kappa shape index (κ1) is 13.9. The van der Waals surface area contributed by atoms with Crippen molar-refractivity contribution < 1.29 is 8.42 Å². The molecule has 100 valence electrons. The predicted octanol–water partition coefficient (Wildman–Crippen LogP) is 3.20. The van der Waals surface area contributed by atoms with Crippen molar-refractivity contribution in [2.75, 3.05) is 5.73 Å². The third-order valence-corrected chi connectivity index (χ3v) is 4.89. The van der Waals surface area contributed by atoms with Gasteiger partial charge in [0.1, 0.15) is 0 Å². The maximum absolute atomic E-state index is 12.3. The second kappa shape index (κ2) is 5.23. The molecule has 0 radical (unpaired) electrons. The van der Waals surface area contributed by atoms with Crippen LogP contribution in [0.2, 0.25) is 5.02 Å². The zero-order chi connectivity index (χ0) is 14.0. The fourth-order valence-electron chi connectivity index (χ4n) is 1.86. The van der Waals surface area contributed by atoms with E-state index in [4.69, 9.17) is 17.3 Å². The average Bonchev–Trinajstić information content (AvgIpc) is 2.31. The number of rotatable bonds is 3. The monoisotopic (exact) mass is 295 g/mol. The molecule has 19 heavy (non-hydrogen) atoms. The Balaban J connectivity index is 2.40. The van der Waals surface area contributed by atoms with Gasteiger partial charge in [0.15, 0.2) is 9.84 Å². The van der Waals surface area contributed by atoms with Crippen molar-refractivity contribution in [3.63, 3.8) is 0 Å². The van der Waals surface area contributed by atoms with Gasteiger partial charge >= 0.3 is 0 Å². The van der Waals surface area contributed by atoms with Gasteiger partial charge in [0, 0.05) is 5.69 Å². The molecule has 2 N–H and O–H groups in total. The minimum Gasteiger partial charge on any atom is -0.399 e. The Kier molecular flexibility index (Phi) is 3.83. The molecule has 0 unspecified atom stereocenters. The van der Waals surface area contributed by atoms with Crippen molar-refractivity contribution in [2.45, 2.75) is 17.6 Å². The topological polar surface area (TPSA) is 60.2 Å². The molecule has 2 aromatic carbocycles. The van der Waals surface area contributed by atoms with E-state index < -0.39 is 9.84 Å². The molecule has 0 aliphatic heterocycles. The van der Waals surface area contributed by atoms with Gasteiger partial charge in [0.05, 0.1) is 15.7 Å². The van der Waals surface area contributed by atoms with Gasteiger partial charge in [-0.1, -0.05) is 41.4 Å². The molecule has 0 amide bonds. The van der Waals surface area contributed by atoms with Crippen molar-refractivity contribution in [3.05, 3.63) is 58.6 Å². The molecular weight excluding hydrogens is 282 g/mol. The van der Waals surface area contributed by atoms with E-state index in [-0.39, 0.29) is 15.7 Å². The van der Waals surface area contributed by atoms with Gasteiger partial charge in [0.25, 0.3) is 0 Å². The fraction of sp³-hybridized carbons (Fsp3) is 0.143. The summed E-state index contributed by atoms with van der Waals surface area (Å²) in [5.74, 6) is -0.0855. The van der Waals surface area contributed by atoms with Crippen LogP contribution in [0.15, 0.2) is 47.4 Å². The Labute approximate surface area is 117 Å². The summed E-state index contributed by atoms with van der Waals surface area (Å²) in [5.41, 5.74) is 7.75. The standard InChI is InChI=1S/C14H14ClNO2S/c1-10-3-2-4-11(7-10)9-19(17,18)14-8-12(16)5-6-13(14)15/h2-8H,9,16H2,1H3. The lowest BCUT2D eigenvalue weighted by molar-refractivity contribution is 0.595. The number of aryl methyl sites for hydroxylation is 1. The van der Waals surface area contributed by atoms with Gasteiger partial charge in [-0.25, -0.2) is 8.42 Å². The number of hydrogen-bond acceptors (Lipinski definition) is 3. The minimum absolute atomic E-state index is 0.0793. The fourth-order valence-corrected chi connectivity index (χ4v) is 3.78. The molecule has 0 saturated carbocycles. The van der Waals surface area contributed by atoms with E-state index in [1.54, 1.807) is 12.1 Å². The second-order valence-electron chi connectivity index (χ2n) is 4.44. The largest absolute Gasteiger partial charge is 0.399 e. The van der Waals surface area contributed by atoms with Crippen LogP contribution in [-0.2, 0) is 15.6 Å². The SMILES string of the molecule is Cc1cccc(CS(=O)(=O)c2cc(N)ccc2Cl)c1. The number of benzene rings is 2. The van der Waals surface area contributed by atoms with Gasteiger partial charge < -0.3 is 5.73 Å². The van der Waals surface area contributed by atoms with Crippen molar-refractivity contribution in [2.24, 2.45) is 0 Å². The number of hydrogen-bond donors (Lipinski definition) is 1. The minimum atomic E-state index is -3.50. The molecule has 0 spiro atoms. The number of sulfone groups is 1. The van der Waals surface area contributed by atoms with Crippen LogP contribution >= 0.6 is 11.6 Å². The smallest absolute Gasteiger partial charge is 0.184 e. The number of nitrogen functional groups attached to an aromatic ring is 1. The first-order valence-corrected chi connectivity index (χ1v) is 7.75. The highest BCUT2D eigenvalue weighted by molar-refractivity contribution is 7.90. The quantitative estimate of drug-likeness (QED) is 0.885. The summed E-state index contributed by atoms with van der Waals surface area (Å²) in [5, 5.41) is 0.196. The van der Waals surface area contributed by atoms with Crippen LogP contribution in [0.1, 0.15) is 11.1 Å². The van der Waals surface area contributed by atoms with Crippen LogP contribution in [0, 0.1) is 6.92 Å². The molecule has 0 atom stereocenters. The second-order valence-corrected chi connectivity index (χ2v) is 6.80. The van der Waals surface area contributed by atoms with Gasteiger partial charge in [-0.3, -0.25) is 0 Å². The van der Waals surface area contributed by atoms with Crippen molar-refractivity contribution in [3.8, 4) is 0 Å². The zero-order valence-corrected chi connectivity index (χ0v) is 12.0. The van der Waals surface area contributed by atoms with E-state index in [1.807, 2.05) is 25.1 Å². The summed E-state index contributed by atoms with van der Waals surface area (Å²) in [6.07, 6.45) is 0. The molecule has 2 aromatic rings. The van der Waals surface area contributed by atoms with Gasteiger partial charge in [-0.2, -0.15) is 0 Å². The lowest BCUT2D eigenvalue weighted by atomic mass is 10.2. The summed E-state index contributed by atoms with van der Waals surface area (Å²) >= 11 is 5.94. The molecule has 0 fully saturated rings. The van der Waals surface area contributed by atoms with Crippen LogP contribution in [-0.4, -0.2) is 8.42 Å². The third-order valence-electron chi connectivity index (χ3n) is 2.73. The summed E-state index contributed by atoms with van der Waals surface area (Å²) < 4.78 is 24.7. The van der Waals surface area contributed by atoms with Gasteiger partial charge in [0.2, 0.25) is 0 Å². The Bertz CT molecular complexity index is 711. The molecule has 0 saturated heterocycles.